The van der Waals surface area contributed by atoms with Crippen LogP contribution in [0.3, 0.4) is 0 Å². The van der Waals surface area contributed by atoms with Gasteiger partial charge < -0.3 is 20.5 Å². The molecule has 0 radical (unpaired) electrons. The zero-order chi connectivity index (χ0) is 13.4. The number of benzene rings is 1. The maximum absolute atomic E-state index is 11.3. The number of carbonyl (C=O) groups excluding carboxylic acids is 1. The highest BCUT2D eigenvalue weighted by Gasteiger charge is 2.33. The van der Waals surface area contributed by atoms with E-state index in [0.717, 1.165) is 5.56 Å². The van der Waals surface area contributed by atoms with Crippen LogP contribution in [0.15, 0.2) is 18.2 Å². The average molecular weight is 262 g/mol. The highest BCUT2D eigenvalue weighted by Crippen LogP contribution is 2.39. The van der Waals surface area contributed by atoms with Gasteiger partial charge in [0.1, 0.15) is 5.75 Å². The summed E-state index contributed by atoms with van der Waals surface area (Å²) < 4.78 is 5.48. The number of carbonyl (C=O) groups is 2. The summed E-state index contributed by atoms with van der Waals surface area (Å²) >= 11 is 0. The molecule has 0 bridgehead atoms. The molecule has 0 saturated carbocycles. The predicted molar refractivity (Wildman–Crippen MR) is 67.1 cm³/mol. The number of anilines is 1. The van der Waals surface area contributed by atoms with Gasteiger partial charge in [0.25, 0.3) is 5.91 Å². The summed E-state index contributed by atoms with van der Waals surface area (Å²) in [5.41, 5.74) is 1.55. The monoisotopic (exact) mass is 262 g/mol. The molecule has 2 aliphatic rings. The largest absolute Gasteiger partial charge is 0.481 e. The standard InChI is InChI=1S/C13H14N2O4/c16-11-6-19-12-8(2-1-3-9(12)15-11)10-4-7(5-14-10)13(17)18/h1-3,7,10,14H,4-6H2,(H,15,16)(H,17,18). The number of amides is 1. The van der Waals surface area contributed by atoms with Gasteiger partial charge in [-0.05, 0) is 12.5 Å². The van der Waals surface area contributed by atoms with Gasteiger partial charge in [-0.25, -0.2) is 0 Å². The Morgan fingerprint density at radius 2 is 2.26 bits per heavy atom. The fourth-order valence-electron chi connectivity index (χ4n) is 2.57. The molecule has 1 aromatic rings. The summed E-state index contributed by atoms with van der Waals surface area (Å²) in [6, 6.07) is 5.46. The van der Waals surface area contributed by atoms with Crippen LogP contribution in [0.1, 0.15) is 18.0 Å². The molecule has 2 atom stereocenters. The van der Waals surface area contributed by atoms with Crippen molar-refractivity contribution >= 4 is 17.6 Å². The van der Waals surface area contributed by atoms with Crippen LogP contribution in [0.4, 0.5) is 5.69 Å². The first-order valence-electron chi connectivity index (χ1n) is 6.17. The third-order valence-electron chi connectivity index (χ3n) is 3.52. The summed E-state index contributed by atoms with van der Waals surface area (Å²) in [6.45, 7) is 0.453. The second-order valence-electron chi connectivity index (χ2n) is 4.79. The van der Waals surface area contributed by atoms with Crippen LogP contribution in [0.25, 0.3) is 0 Å². The Balaban J connectivity index is 1.88. The van der Waals surface area contributed by atoms with E-state index in [1.54, 1.807) is 6.07 Å². The molecule has 3 rings (SSSR count). The minimum Gasteiger partial charge on any atom is -0.481 e. The molecule has 0 spiro atoms. The molecule has 6 heteroatoms. The Labute approximate surface area is 109 Å². The summed E-state index contributed by atoms with van der Waals surface area (Å²) in [5.74, 6) is -0.689. The third kappa shape index (κ3) is 2.15. The van der Waals surface area contributed by atoms with Crippen molar-refractivity contribution in [3.63, 3.8) is 0 Å². The average Bonchev–Trinajstić information content (AvgIpc) is 2.87. The van der Waals surface area contributed by atoms with Crippen molar-refractivity contribution in [3.8, 4) is 5.75 Å². The van der Waals surface area contributed by atoms with Crippen molar-refractivity contribution < 1.29 is 19.4 Å². The van der Waals surface area contributed by atoms with E-state index < -0.39 is 5.97 Å². The molecule has 1 amide bonds. The van der Waals surface area contributed by atoms with Crippen molar-refractivity contribution in [3.05, 3.63) is 23.8 Å². The van der Waals surface area contributed by atoms with Gasteiger partial charge in [0, 0.05) is 18.2 Å². The lowest BCUT2D eigenvalue weighted by Gasteiger charge is -2.23. The van der Waals surface area contributed by atoms with Gasteiger partial charge >= 0.3 is 5.97 Å². The van der Waals surface area contributed by atoms with Crippen LogP contribution in [0.2, 0.25) is 0 Å². The quantitative estimate of drug-likeness (QED) is 0.732. The maximum Gasteiger partial charge on any atom is 0.307 e. The number of hydrogen-bond donors (Lipinski definition) is 3. The molecule has 1 aromatic carbocycles. The number of fused-ring (bicyclic) bond motifs is 1. The van der Waals surface area contributed by atoms with Crippen molar-refractivity contribution in [2.24, 2.45) is 5.92 Å². The second kappa shape index (κ2) is 4.55. The first kappa shape index (κ1) is 12.0. The lowest BCUT2D eigenvalue weighted by molar-refractivity contribution is -0.141. The smallest absolute Gasteiger partial charge is 0.307 e. The second-order valence-corrected chi connectivity index (χ2v) is 4.79. The normalized spacial score (nSPS) is 25.4. The molecule has 0 aliphatic carbocycles. The Bertz CT molecular complexity index is 543. The molecule has 1 fully saturated rings. The summed E-state index contributed by atoms with van der Waals surface area (Å²) in [7, 11) is 0. The molecule has 100 valence electrons. The van der Waals surface area contributed by atoms with Gasteiger partial charge in [0.15, 0.2) is 6.61 Å². The lowest BCUT2D eigenvalue weighted by atomic mass is 9.98. The van der Waals surface area contributed by atoms with Gasteiger partial charge in [0.2, 0.25) is 0 Å². The fourth-order valence-corrected chi connectivity index (χ4v) is 2.57. The van der Waals surface area contributed by atoms with E-state index in [2.05, 4.69) is 10.6 Å². The predicted octanol–water partition coefficient (Wildman–Crippen LogP) is 0.753. The van der Waals surface area contributed by atoms with Gasteiger partial charge in [-0.15, -0.1) is 0 Å². The Kier molecular flexibility index (Phi) is 2.87. The van der Waals surface area contributed by atoms with Crippen LogP contribution in [0, 0.1) is 5.92 Å². The van der Waals surface area contributed by atoms with Crippen molar-refractivity contribution in [2.45, 2.75) is 12.5 Å². The van der Waals surface area contributed by atoms with E-state index >= 15 is 0 Å². The maximum atomic E-state index is 11.3. The third-order valence-corrected chi connectivity index (χ3v) is 3.52. The Morgan fingerprint density at radius 1 is 1.42 bits per heavy atom. The van der Waals surface area contributed by atoms with E-state index in [-0.39, 0.29) is 24.5 Å². The first-order valence-corrected chi connectivity index (χ1v) is 6.17. The number of para-hydroxylation sites is 1. The number of carboxylic acids is 1. The Morgan fingerprint density at radius 3 is 3.00 bits per heavy atom. The van der Waals surface area contributed by atoms with Crippen LogP contribution in [-0.4, -0.2) is 30.1 Å². The Hall–Kier alpha value is -2.08. The summed E-state index contributed by atoms with van der Waals surface area (Å²) in [4.78, 5) is 22.3. The first-order chi connectivity index (χ1) is 9.15. The SMILES string of the molecule is O=C1COc2c(cccc2C2CC(C(=O)O)CN2)N1. The van der Waals surface area contributed by atoms with E-state index in [4.69, 9.17) is 9.84 Å². The number of ether oxygens (including phenoxy) is 1. The minimum absolute atomic E-state index is 0.000900. The highest BCUT2D eigenvalue weighted by molar-refractivity contribution is 5.95. The van der Waals surface area contributed by atoms with Gasteiger partial charge in [-0.1, -0.05) is 12.1 Å². The molecule has 0 aromatic heterocycles. The molecule has 6 nitrogen and oxygen atoms in total. The molecule has 2 heterocycles. The molecule has 3 N–H and O–H groups in total. The van der Waals surface area contributed by atoms with Crippen molar-refractivity contribution in [1.29, 1.82) is 0 Å². The van der Waals surface area contributed by atoms with E-state index in [0.29, 0.717) is 24.4 Å². The molecule has 2 aliphatic heterocycles. The summed E-state index contributed by atoms with van der Waals surface area (Å²) in [6.07, 6.45) is 0.531. The van der Waals surface area contributed by atoms with E-state index in [9.17, 15) is 9.59 Å². The van der Waals surface area contributed by atoms with Crippen LogP contribution in [-0.2, 0) is 9.59 Å². The zero-order valence-electron chi connectivity index (χ0n) is 10.2. The molecular formula is C13H14N2O4. The molecular weight excluding hydrogens is 248 g/mol. The zero-order valence-corrected chi connectivity index (χ0v) is 10.2. The van der Waals surface area contributed by atoms with Crippen molar-refractivity contribution in [2.75, 3.05) is 18.5 Å². The molecule has 1 saturated heterocycles. The van der Waals surface area contributed by atoms with Crippen LogP contribution in [0.5, 0.6) is 5.75 Å². The summed E-state index contributed by atoms with van der Waals surface area (Å²) in [5, 5.41) is 15.0. The fraction of sp³-hybridized carbons (Fsp3) is 0.385. The highest BCUT2D eigenvalue weighted by atomic mass is 16.5. The minimum atomic E-state index is -0.783. The number of nitrogens with one attached hydrogen (secondary N) is 2. The topological polar surface area (TPSA) is 87.7 Å². The van der Waals surface area contributed by atoms with Crippen LogP contribution < -0.4 is 15.4 Å². The lowest BCUT2D eigenvalue weighted by Crippen LogP contribution is -2.27. The number of carboxylic acid groups (broad SMARTS) is 1. The van der Waals surface area contributed by atoms with Gasteiger partial charge in [0.05, 0.1) is 11.6 Å². The van der Waals surface area contributed by atoms with E-state index in [1.165, 1.54) is 0 Å². The molecule has 19 heavy (non-hydrogen) atoms. The van der Waals surface area contributed by atoms with E-state index in [1.807, 2.05) is 12.1 Å². The number of rotatable bonds is 2. The molecule has 2 unspecified atom stereocenters. The van der Waals surface area contributed by atoms with Gasteiger partial charge in [-0.3, -0.25) is 9.59 Å². The van der Waals surface area contributed by atoms with Crippen molar-refractivity contribution in [1.82, 2.24) is 5.32 Å². The van der Waals surface area contributed by atoms with Gasteiger partial charge in [-0.2, -0.15) is 0 Å². The number of hydrogen-bond acceptors (Lipinski definition) is 4. The van der Waals surface area contributed by atoms with Crippen LogP contribution >= 0.6 is 0 Å². The number of aliphatic carboxylic acids is 1.